The number of ether oxygens (including phenoxy) is 1. The molecule has 0 saturated heterocycles. The van der Waals surface area contributed by atoms with Crippen molar-refractivity contribution in [3.63, 3.8) is 0 Å². The smallest absolute Gasteiger partial charge is 0.344 e. The summed E-state index contributed by atoms with van der Waals surface area (Å²) in [6, 6.07) is 4.32. The van der Waals surface area contributed by atoms with Crippen LogP contribution >= 0.6 is 23.2 Å². The van der Waals surface area contributed by atoms with Gasteiger partial charge in [-0.3, -0.25) is 14.9 Å². The summed E-state index contributed by atoms with van der Waals surface area (Å²) in [5.41, 5.74) is 0.172. The second-order valence-electron chi connectivity index (χ2n) is 5.10. The Morgan fingerprint density at radius 2 is 1.84 bits per heavy atom. The molecule has 2 aromatic rings. The Kier molecular flexibility index (Phi) is 5.87. The van der Waals surface area contributed by atoms with E-state index in [-0.39, 0.29) is 45.7 Å². The van der Waals surface area contributed by atoms with Crippen molar-refractivity contribution in [1.29, 1.82) is 0 Å². The molecule has 0 unspecified atom stereocenters. The molecule has 0 radical (unpaired) electrons. The highest BCUT2D eigenvalue weighted by molar-refractivity contribution is 6.42. The molecule has 25 heavy (non-hydrogen) atoms. The van der Waals surface area contributed by atoms with Gasteiger partial charge in [0.2, 0.25) is 5.88 Å². The Morgan fingerprint density at radius 1 is 1.16 bits per heavy atom. The summed E-state index contributed by atoms with van der Waals surface area (Å²) in [5.74, 6) is -1.65. The number of anilines is 1. The van der Waals surface area contributed by atoms with Crippen LogP contribution in [0.4, 0.5) is 5.88 Å². The molecule has 1 aromatic heterocycles. The molecule has 1 aromatic carbocycles. The fourth-order valence-corrected chi connectivity index (χ4v) is 2.57. The van der Waals surface area contributed by atoms with Gasteiger partial charge < -0.3 is 9.15 Å². The van der Waals surface area contributed by atoms with Gasteiger partial charge >= 0.3 is 5.97 Å². The minimum absolute atomic E-state index is 0.0721. The molecule has 1 heterocycles. The summed E-state index contributed by atoms with van der Waals surface area (Å²) in [4.78, 5) is 36.4. The number of carbonyl (C=O) groups is 3. The Balaban J connectivity index is 2.43. The summed E-state index contributed by atoms with van der Waals surface area (Å²) in [7, 11) is 0. The van der Waals surface area contributed by atoms with Crippen molar-refractivity contribution in [2.45, 2.75) is 20.8 Å². The molecule has 1 amide bonds. The predicted molar refractivity (Wildman–Crippen MR) is 93.8 cm³/mol. The van der Waals surface area contributed by atoms with Crippen LogP contribution in [0.3, 0.4) is 0 Å². The minimum Gasteiger partial charge on any atom is -0.462 e. The fraction of sp³-hybridized carbons (Fsp3) is 0.235. The third-order valence-electron chi connectivity index (χ3n) is 3.32. The molecule has 132 valence electrons. The highest BCUT2D eigenvalue weighted by Gasteiger charge is 2.29. The van der Waals surface area contributed by atoms with Gasteiger partial charge in [-0.25, -0.2) is 4.79 Å². The van der Waals surface area contributed by atoms with Crippen LogP contribution in [-0.4, -0.2) is 24.3 Å². The summed E-state index contributed by atoms with van der Waals surface area (Å²) < 4.78 is 10.4. The zero-order chi connectivity index (χ0) is 18.7. The van der Waals surface area contributed by atoms with E-state index >= 15 is 0 Å². The van der Waals surface area contributed by atoms with Gasteiger partial charge in [-0.15, -0.1) is 0 Å². The third kappa shape index (κ3) is 4.03. The van der Waals surface area contributed by atoms with Crippen molar-refractivity contribution in [2.24, 2.45) is 0 Å². The molecule has 0 saturated carbocycles. The SMILES string of the molecule is CCOC(=O)c1c(NC(=O)c2ccc(Cl)c(Cl)c2)oc(C)c1C(C)=O. The second kappa shape index (κ2) is 7.72. The lowest BCUT2D eigenvalue weighted by Gasteiger charge is -2.07. The highest BCUT2D eigenvalue weighted by atomic mass is 35.5. The van der Waals surface area contributed by atoms with Crippen molar-refractivity contribution >= 4 is 46.7 Å². The number of halogens is 2. The van der Waals surface area contributed by atoms with Crippen molar-refractivity contribution in [3.05, 3.63) is 50.7 Å². The number of Topliss-reactive ketones (excluding diaryl/α,β-unsaturated/α-hetero) is 1. The van der Waals surface area contributed by atoms with E-state index in [1.165, 1.54) is 32.0 Å². The van der Waals surface area contributed by atoms with Crippen LogP contribution < -0.4 is 5.32 Å². The maximum absolute atomic E-state index is 12.4. The molecule has 0 fully saturated rings. The first-order valence-electron chi connectivity index (χ1n) is 7.34. The third-order valence-corrected chi connectivity index (χ3v) is 4.06. The minimum atomic E-state index is -0.756. The molecule has 6 nitrogen and oxygen atoms in total. The maximum Gasteiger partial charge on any atom is 0.344 e. The fourth-order valence-electron chi connectivity index (χ4n) is 2.27. The van der Waals surface area contributed by atoms with Crippen LogP contribution in [-0.2, 0) is 4.74 Å². The van der Waals surface area contributed by atoms with E-state index in [0.717, 1.165) is 0 Å². The Bertz CT molecular complexity index is 857. The van der Waals surface area contributed by atoms with Crippen LogP contribution in [0.5, 0.6) is 0 Å². The highest BCUT2D eigenvalue weighted by Crippen LogP contribution is 2.29. The number of nitrogens with one attached hydrogen (secondary N) is 1. The zero-order valence-corrected chi connectivity index (χ0v) is 15.2. The Hall–Kier alpha value is -2.31. The van der Waals surface area contributed by atoms with Crippen LogP contribution in [0.15, 0.2) is 22.6 Å². The van der Waals surface area contributed by atoms with Crippen LogP contribution in [0, 0.1) is 6.92 Å². The lowest BCUT2D eigenvalue weighted by molar-refractivity contribution is 0.0524. The van der Waals surface area contributed by atoms with E-state index in [0.29, 0.717) is 5.02 Å². The predicted octanol–water partition coefficient (Wildman–Crippen LogP) is 4.53. The molecule has 0 bridgehead atoms. The quantitative estimate of drug-likeness (QED) is 0.605. The number of carbonyl (C=O) groups excluding carboxylic acids is 3. The summed E-state index contributed by atoms with van der Waals surface area (Å²) in [5, 5.41) is 2.98. The van der Waals surface area contributed by atoms with Crippen molar-refractivity contribution < 1.29 is 23.5 Å². The molecule has 2 rings (SSSR count). The molecule has 8 heteroatoms. The van der Waals surface area contributed by atoms with Gasteiger partial charge in [0.25, 0.3) is 5.91 Å². The van der Waals surface area contributed by atoms with Gasteiger partial charge in [0.1, 0.15) is 11.3 Å². The number of esters is 1. The first-order chi connectivity index (χ1) is 11.8. The molecular weight excluding hydrogens is 369 g/mol. The molecule has 0 aliphatic heterocycles. The lowest BCUT2D eigenvalue weighted by Crippen LogP contribution is -2.16. The van der Waals surface area contributed by atoms with Gasteiger partial charge in [0.05, 0.1) is 22.2 Å². The number of furan rings is 1. The molecule has 0 aliphatic carbocycles. The van der Waals surface area contributed by atoms with Crippen LogP contribution in [0.2, 0.25) is 10.0 Å². The average molecular weight is 384 g/mol. The first-order valence-corrected chi connectivity index (χ1v) is 8.09. The van der Waals surface area contributed by atoms with E-state index in [2.05, 4.69) is 5.32 Å². The largest absolute Gasteiger partial charge is 0.462 e. The van der Waals surface area contributed by atoms with E-state index in [1.54, 1.807) is 6.92 Å². The van der Waals surface area contributed by atoms with E-state index in [4.69, 9.17) is 32.4 Å². The lowest BCUT2D eigenvalue weighted by atomic mass is 10.1. The summed E-state index contributed by atoms with van der Waals surface area (Å²) in [6.07, 6.45) is 0. The number of aryl methyl sites for hydroxylation is 1. The molecule has 0 spiro atoms. The van der Waals surface area contributed by atoms with Crippen molar-refractivity contribution in [2.75, 3.05) is 11.9 Å². The standard InChI is InChI=1S/C17H15Cl2NO5/c1-4-24-17(23)14-13(8(2)21)9(3)25-16(14)20-15(22)10-5-6-11(18)12(19)7-10/h5-7H,4H2,1-3H3,(H,20,22). The number of benzene rings is 1. The summed E-state index contributed by atoms with van der Waals surface area (Å²) in [6.45, 7) is 4.56. The van der Waals surface area contributed by atoms with Gasteiger partial charge in [0.15, 0.2) is 5.78 Å². The number of ketones is 1. The molecular formula is C17H15Cl2NO5. The monoisotopic (exact) mass is 383 g/mol. The Morgan fingerprint density at radius 3 is 2.40 bits per heavy atom. The zero-order valence-electron chi connectivity index (χ0n) is 13.7. The molecule has 1 N–H and O–H groups in total. The van der Waals surface area contributed by atoms with E-state index < -0.39 is 11.9 Å². The van der Waals surface area contributed by atoms with Crippen molar-refractivity contribution in [3.8, 4) is 0 Å². The average Bonchev–Trinajstić information content (AvgIpc) is 2.86. The van der Waals surface area contributed by atoms with Crippen LogP contribution in [0.25, 0.3) is 0 Å². The maximum atomic E-state index is 12.4. The first kappa shape index (κ1) is 19.0. The second-order valence-corrected chi connectivity index (χ2v) is 5.91. The topological polar surface area (TPSA) is 85.6 Å². The molecule has 0 atom stereocenters. The Labute approximate surface area is 154 Å². The van der Waals surface area contributed by atoms with Gasteiger partial charge in [0, 0.05) is 5.56 Å². The number of rotatable bonds is 5. The van der Waals surface area contributed by atoms with Gasteiger partial charge in [-0.1, -0.05) is 23.2 Å². The van der Waals surface area contributed by atoms with E-state index in [1.807, 2.05) is 0 Å². The van der Waals surface area contributed by atoms with Crippen LogP contribution in [0.1, 0.15) is 50.7 Å². The number of hydrogen-bond donors (Lipinski definition) is 1. The summed E-state index contributed by atoms with van der Waals surface area (Å²) >= 11 is 11.7. The van der Waals surface area contributed by atoms with Gasteiger partial charge in [-0.2, -0.15) is 0 Å². The van der Waals surface area contributed by atoms with E-state index in [9.17, 15) is 14.4 Å². The van der Waals surface area contributed by atoms with Crippen molar-refractivity contribution in [1.82, 2.24) is 0 Å². The molecule has 0 aliphatic rings. The number of hydrogen-bond acceptors (Lipinski definition) is 5. The van der Waals surface area contributed by atoms with Gasteiger partial charge in [-0.05, 0) is 39.0 Å². The number of amides is 1. The normalized spacial score (nSPS) is 10.4.